The summed E-state index contributed by atoms with van der Waals surface area (Å²) < 4.78 is 1.57. The van der Waals surface area contributed by atoms with E-state index in [1.165, 1.54) is 12.2 Å². The smallest absolute Gasteiger partial charge is 0.311 e. The first-order chi connectivity index (χ1) is 16.2. The highest BCUT2D eigenvalue weighted by molar-refractivity contribution is 6.05. The van der Waals surface area contributed by atoms with E-state index in [2.05, 4.69) is 28.8 Å². The van der Waals surface area contributed by atoms with Gasteiger partial charge >= 0.3 is 6.03 Å². The van der Waals surface area contributed by atoms with Crippen molar-refractivity contribution in [1.29, 1.82) is 0 Å². The second-order valence-corrected chi connectivity index (χ2v) is 7.31. The predicted molar refractivity (Wildman–Crippen MR) is 142 cm³/mol. The monoisotopic (exact) mass is 462 g/mol. The van der Waals surface area contributed by atoms with Crippen LogP contribution in [-0.4, -0.2) is 21.5 Å². The van der Waals surface area contributed by atoms with E-state index in [4.69, 9.17) is 0 Å². The molecule has 3 rings (SSSR count). The Labute approximate surface area is 202 Å². The second kappa shape index (κ2) is 11.6. The van der Waals surface area contributed by atoms with E-state index in [0.29, 0.717) is 16.8 Å². The summed E-state index contributed by atoms with van der Waals surface area (Å²) in [5.74, 6) is -0.597. The third kappa shape index (κ3) is 5.75. The molecule has 0 saturated heterocycles. The van der Waals surface area contributed by atoms with E-state index in [1.54, 1.807) is 48.2 Å². The van der Waals surface area contributed by atoms with Crippen molar-refractivity contribution in [3.05, 3.63) is 101 Å². The van der Waals surface area contributed by atoms with E-state index in [9.17, 15) is 14.4 Å². The predicted octanol–water partition coefficient (Wildman–Crippen LogP) is 5.43. The number of carbonyl (C=O) groups excluding carboxylic acids is 2. The van der Waals surface area contributed by atoms with E-state index in [0.717, 1.165) is 22.2 Å². The molecular formula is C27H34N4O3. The highest BCUT2D eigenvalue weighted by Crippen LogP contribution is 2.25. The Morgan fingerprint density at radius 2 is 1.76 bits per heavy atom. The zero-order chi connectivity index (χ0) is 25.4. The van der Waals surface area contributed by atoms with Gasteiger partial charge in [-0.15, -0.1) is 0 Å². The lowest BCUT2D eigenvalue weighted by molar-refractivity contribution is 0.0964. The fourth-order valence-electron chi connectivity index (χ4n) is 3.34. The van der Waals surface area contributed by atoms with Gasteiger partial charge in [-0.05, 0) is 61.4 Å². The molecule has 0 saturated carbocycles. The number of carbonyl (C=O) groups is 2. The normalized spacial score (nSPS) is 10.7. The minimum Gasteiger partial charge on any atom is -0.311 e. The van der Waals surface area contributed by atoms with Gasteiger partial charge in [0, 0.05) is 44.0 Å². The molecule has 2 N–H and O–H groups in total. The summed E-state index contributed by atoms with van der Waals surface area (Å²) in [5, 5.41) is 5.59. The van der Waals surface area contributed by atoms with Crippen LogP contribution in [0.15, 0.2) is 78.4 Å². The molecule has 7 nitrogen and oxygen atoms in total. The van der Waals surface area contributed by atoms with Crippen LogP contribution in [0.1, 0.15) is 38.3 Å². The van der Waals surface area contributed by atoms with Crippen LogP contribution in [0.2, 0.25) is 0 Å². The Morgan fingerprint density at radius 3 is 2.41 bits per heavy atom. The van der Waals surface area contributed by atoms with Gasteiger partial charge in [0.05, 0.1) is 5.52 Å². The first kappa shape index (κ1) is 26.0. The van der Waals surface area contributed by atoms with Crippen LogP contribution in [0.4, 0.5) is 4.79 Å². The molecule has 1 aromatic carbocycles. The SMILES string of the molecule is C=C/C=C(\C=C)NC(=O)NC(=O)c1ccc(C)c(-c2cc3cnc(C)cc3n(C)c2=O)c1.CC.[HH].[HH]. The summed E-state index contributed by atoms with van der Waals surface area (Å²) in [5.41, 5.74) is 3.94. The summed E-state index contributed by atoms with van der Waals surface area (Å²) in [6.45, 7) is 14.9. The van der Waals surface area contributed by atoms with Gasteiger partial charge in [-0.3, -0.25) is 19.9 Å². The molecule has 2 aromatic heterocycles. The Morgan fingerprint density at radius 1 is 1.06 bits per heavy atom. The molecule has 34 heavy (non-hydrogen) atoms. The maximum Gasteiger partial charge on any atom is 0.326 e. The lowest BCUT2D eigenvalue weighted by atomic mass is 9.97. The Bertz CT molecular complexity index is 1360. The van der Waals surface area contributed by atoms with Crippen molar-refractivity contribution in [1.82, 2.24) is 20.2 Å². The maximum atomic E-state index is 13.1. The third-order valence-electron chi connectivity index (χ3n) is 5.04. The van der Waals surface area contributed by atoms with Crippen LogP contribution in [0.5, 0.6) is 0 Å². The fraction of sp³-hybridized carbons (Fsp3) is 0.185. The molecular weight excluding hydrogens is 428 g/mol. The third-order valence-corrected chi connectivity index (χ3v) is 5.04. The molecule has 0 aliphatic rings. The maximum absolute atomic E-state index is 13.1. The molecule has 0 aliphatic heterocycles. The lowest BCUT2D eigenvalue weighted by Crippen LogP contribution is -2.38. The standard InChI is InChI=1S/C25H24N4O3.C2H6.2H2/c1-6-8-19(7-2)27-25(32)28-23(30)17-10-9-15(3)20(12-17)21-13-18-14-26-16(4)11-22(18)29(5)24(21)31;1-2;;/h6-14H,1-2H2,3-5H3,(H2,27,28,30,32);1-2H3;2*1H/b19-8+;;;. The highest BCUT2D eigenvalue weighted by Gasteiger charge is 2.16. The molecule has 0 bridgehead atoms. The number of hydrogen-bond acceptors (Lipinski definition) is 4. The van der Waals surface area contributed by atoms with E-state index in [1.807, 2.05) is 33.8 Å². The van der Waals surface area contributed by atoms with Gasteiger partial charge in [0.15, 0.2) is 0 Å². The number of rotatable bonds is 5. The van der Waals surface area contributed by atoms with E-state index >= 15 is 0 Å². The largest absolute Gasteiger partial charge is 0.326 e. The molecule has 0 radical (unpaired) electrons. The molecule has 3 amide bonds. The molecule has 0 spiro atoms. The number of allylic oxidation sites excluding steroid dienone is 3. The van der Waals surface area contributed by atoms with Crippen LogP contribution in [-0.2, 0) is 7.05 Å². The van der Waals surface area contributed by atoms with Crippen molar-refractivity contribution in [3.63, 3.8) is 0 Å². The summed E-state index contributed by atoms with van der Waals surface area (Å²) in [6.07, 6.45) is 6.19. The summed E-state index contributed by atoms with van der Waals surface area (Å²) >= 11 is 0. The summed E-state index contributed by atoms with van der Waals surface area (Å²) in [6, 6.07) is 7.88. The lowest BCUT2D eigenvalue weighted by Gasteiger charge is -2.13. The molecule has 180 valence electrons. The van der Waals surface area contributed by atoms with Crippen LogP contribution in [0.3, 0.4) is 0 Å². The molecule has 2 heterocycles. The summed E-state index contributed by atoms with van der Waals surface area (Å²) in [7, 11) is 1.71. The Hall–Kier alpha value is -4.26. The zero-order valence-electron chi connectivity index (χ0n) is 20.2. The van der Waals surface area contributed by atoms with Crippen LogP contribution in [0, 0.1) is 13.8 Å². The van der Waals surface area contributed by atoms with Gasteiger partial charge in [0.1, 0.15) is 0 Å². The molecule has 0 fully saturated rings. The van der Waals surface area contributed by atoms with Gasteiger partial charge in [-0.2, -0.15) is 0 Å². The van der Waals surface area contributed by atoms with Crippen molar-refractivity contribution in [2.75, 3.05) is 0 Å². The number of aryl methyl sites for hydroxylation is 3. The van der Waals surface area contributed by atoms with Gasteiger partial charge in [0.25, 0.3) is 11.5 Å². The Balaban J connectivity index is 0.00000299. The first-order valence-electron chi connectivity index (χ1n) is 10.9. The van der Waals surface area contributed by atoms with Crippen molar-refractivity contribution in [3.8, 4) is 11.1 Å². The van der Waals surface area contributed by atoms with Crippen LogP contribution >= 0.6 is 0 Å². The number of nitrogens with one attached hydrogen (secondary N) is 2. The summed E-state index contributed by atoms with van der Waals surface area (Å²) in [4.78, 5) is 42.2. The minimum absolute atomic E-state index is 0. The van der Waals surface area contributed by atoms with Crippen molar-refractivity contribution >= 4 is 22.8 Å². The Kier molecular flexibility index (Phi) is 8.84. The van der Waals surface area contributed by atoms with Crippen molar-refractivity contribution in [2.24, 2.45) is 7.05 Å². The number of fused-ring (bicyclic) bond motifs is 1. The second-order valence-electron chi connectivity index (χ2n) is 7.31. The number of aromatic nitrogens is 2. The molecule has 3 aromatic rings. The van der Waals surface area contributed by atoms with Gasteiger partial charge in [0.2, 0.25) is 0 Å². The molecule has 0 atom stereocenters. The average molecular weight is 463 g/mol. The number of benzene rings is 1. The molecule has 7 heteroatoms. The highest BCUT2D eigenvalue weighted by atomic mass is 16.2. The van der Waals surface area contributed by atoms with Crippen LogP contribution in [0.25, 0.3) is 22.0 Å². The minimum atomic E-state index is -0.701. The number of imide groups is 1. The topological polar surface area (TPSA) is 93.1 Å². The van der Waals surface area contributed by atoms with Crippen LogP contribution < -0.4 is 16.2 Å². The van der Waals surface area contributed by atoms with Crippen molar-refractivity contribution < 1.29 is 12.4 Å². The number of nitrogens with zero attached hydrogens (tertiary/aromatic N) is 2. The zero-order valence-corrected chi connectivity index (χ0v) is 20.2. The van der Waals surface area contributed by atoms with Gasteiger partial charge in [-0.25, -0.2) is 4.79 Å². The molecule has 0 unspecified atom stereocenters. The fourth-order valence-corrected chi connectivity index (χ4v) is 3.34. The number of pyridine rings is 2. The van der Waals surface area contributed by atoms with E-state index < -0.39 is 11.9 Å². The van der Waals surface area contributed by atoms with Gasteiger partial charge < -0.3 is 9.88 Å². The van der Waals surface area contributed by atoms with Gasteiger partial charge in [-0.1, -0.05) is 39.1 Å². The average Bonchev–Trinajstić information content (AvgIpc) is 2.83. The number of urea groups is 1. The van der Waals surface area contributed by atoms with E-state index in [-0.39, 0.29) is 14.0 Å². The molecule has 0 aliphatic carbocycles. The number of hydrogen-bond donors (Lipinski definition) is 2. The van der Waals surface area contributed by atoms with Crippen molar-refractivity contribution in [2.45, 2.75) is 27.7 Å². The number of amides is 3. The quantitative estimate of drug-likeness (QED) is 0.494. The first-order valence-corrected chi connectivity index (χ1v) is 10.9.